The normalized spacial score (nSPS) is 38.2. The van der Waals surface area contributed by atoms with E-state index in [1.54, 1.807) is 0 Å². The van der Waals surface area contributed by atoms with E-state index in [1.165, 1.54) is 0 Å². The van der Waals surface area contributed by atoms with Gasteiger partial charge in [-0.1, -0.05) is 12.2 Å². The zero-order valence-corrected chi connectivity index (χ0v) is 6.05. The van der Waals surface area contributed by atoms with Crippen LogP contribution in [0.4, 0.5) is 0 Å². The van der Waals surface area contributed by atoms with Crippen molar-refractivity contribution in [3.8, 4) is 0 Å². The number of carbonyl (C=O) groups is 1. The molecule has 2 unspecified atom stereocenters. The van der Waals surface area contributed by atoms with E-state index in [1.807, 2.05) is 0 Å². The maximum absolute atomic E-state index is 11.0. The number of ketones is 1. The van der Waals surface area contributed by atoms with Gasteiger partial charge in [-0.25, -0.2) is 0 Å². The lowest BCUT2D eigenvalue weighted by Gasteiger charge is -1.97. The molecule has 2 rings (SSSR count). The number of carbonyl (C=O) groups excluding carboxylic acids is 1. The molecule has 0 aromatic carbocycles. The first kappa shape index (κ1) is 6.14. The number of allylic oxidation sites excluding steroid dienone is 2. The fraction of sp³-hybridized carbons (Fsp3) is 0.667. The maximum Gasteiger partial charge on any atom is 0.140 e. The Balaban J connectivity index is 2.00. The third-order valence-electron chi connectivity index (χ3n) is 2.56. The molecule has 2 aliphatic rings. The average molecular weight is 136 g/mol. The van der Waals surface area contributed by atoms with Crippen molar-refractivity contribution in [2.45, 2.75) is 25.7 Å². The van der Waals surface area contributed by atoms with Gasteiger partial charge in [-0.05, 0) is 25.7 Å². The predicted octanol–water partition coefficient (Wildman–Crippen LogP) is 1.93. The smallest absolute Gasteiger partial charge is 0.140 e. The molecule has 1 fully saturated rings. The molecule has 0 bridgehead atoms. The van der Waals surface area contributed by atoms with Crippen molar-refractivity contribution in [3.05, 3.63) is 12.2 Å². The van der Waals surface area contributed by atoms with E-state index in [0.29, 0.717) is 17.6 Å². The highest BCUT2D eigenvalue weighted by atomic mass is 16.1. The number of fused-ring (bicyclic) bond motifs is 1. The lowest BCUT2D eigenvalue weighted by molar-refractivity contribution is -0.112. The van der Waals surface area contributed by atoms with Crippen LogP contribution in [0.1, 0.15) is 25.7 Å². The fourth-order valence-electron chi connectivity index (χ4n) is 1.82. The van der Waals surface area contributed by atoms with E-state index < -0.39 is 0 Å². The molecule has 0 heterocycles. The van der Waals surface area contributed by atoms with Gasteiger partial charge in [0.15, 0.2) is 0 Å². The Kier molecular flexibility index (Phi) is 1.37. The molecule has 1 nitrogen and oxygen atoms in total. The van der Waals surface area contributed by atoms with Crippen LogP contribution < -0.4 is 0 Å². The second-order valence-electron chi connectivity index (χ2n) is 3.24. The third-order valence-corrected chi connectivity index (χ3v) is 2.56. The summed E-state index contributed by atoms with van der Waals surface area (Å²) in [6, 6.07) is 0. The van der Waals surface area contributed by atoms with Crippen molar-refractivity contribution in [2.75, 3.05) is 0 Å². The van der Waals surface area contributed by atoms with Crippen LogP contribution in [-0.2, 0) is 4.79 Å². The van der Waals surface area contributed by atoms with Gasteiger partial charge >= 0.3 is 0 Å². The van der Waals surface area contributed by atoms with E-state index >= 15 is 0 Å². The van der Waals surface area contributed by atoms with Crippen LogP contribution in [0, 0.1) is 11.8 Å². The molecule has 0 aromatic heterocycles. The van der Waals surface area contributed by atoms with Crippen molar-refractivity contribution in [2.24, 2.45) is 11.8 Å². The minimum atomic E-state index is 0.463. The zero-order chi connectivity index (χ0) is 6.97. The number of Topliss-reactive ketones (excluding diaryl/α,β-unsaturated/α-hetero) is 1. The minimum absolute atomic E-state index is 0.463. The van der Waals surface area contributed by atoms with Gasteiger partial charge in [-0.15, -0.1) is 0 Å². The quantitative estimate of drug-likeness (QED) is 0.465. The molecule has 0 spiro atoms. The van der Waals surface area contributed by atoms with Gasteiger partial charge in [-0.3, -0.25) is 4.79 Å². The molecule has 0 saturated heterocycles. The van der Waals surface area contributed by atoms with Crippen molar-refractivity contribution in [3.63, 3.8) is 0 Å². The Labute approximate surface area is 61.1 Å². The van der Waals surface area contributed by atoms with Crippen LogP contribution >= 0.6 is 0 Å². The lowest BCUT2D eigenvalue weighted by Crippen LogP contribution is -1.85. The fourth-order valence-corrected chi connectivity index (χ4v) is 1.82. The van der Waals surface area contributed by atoms with Crippen LogP contribution in [0.25, 0.3) is 0 Å². The first-order chi connectivity index (χ1) is 4.89. The molecule has 10 heavy (non-hydrogen) atoms. The second kappa shape index (κ2) is 2.22. The Bertz CT molecular complexity index is 163. The molecule has 0 radical (unpaired) electrons. The summed E-state index contributed by atoms with van der Waals surface area (Å²) < 4.78 is 0. The SMILES string of the molecule is O=C1C2CCC=CCCC12. The lowest BCUT2D eigenvalue weighted by atomic mass is 10.1. The first-order valence-electron chi connectivity index (χ1n) is 4.08. The van der Waals surface area contributed by atoms with Gasteiger partial charge in [0.05, 0.1) is 0 Å². The van der Waals surface area contributed by atoms with E-state index in [-0.39, 0.29) is 0 Å². The van der Waals surface area contributed by atoms with E-state index in [0.717, 1.165) is 25.7 Å². The summed E-state index contributed by atoms with van der Waals surface area (Å²) in [5.41, 5.74) is 0. The maximum atomic E-state index is 11.0. The van der Waals surface area contributed by atoms with Gasteiger partial charge in [0.25, 0.3) is 0 Å². The Morgan fingerprint density at radius 2 is 1.60 bits per heavy atom. The summed E-state index contributed by atoms with van der Waals surface area (Å²) in [7, 11) is 0. The highest BCUT2D eigenvalue weighted by Crippen LogP contribution is 2.41. The molecule has 1 saturated carbocycles. The second-order valence-corrected chi connectivity index (χ2v) is 3.24. The van der Waals surface area contributed by atoms with Crippen LogP contribution in [-0.4, -0.2) is 5.78 Å². The predicted molar refractivity (Wildman–Crippen MR) is 39.6 cm³/mol. The molecular formula is C9H12O. The molecule has 0 aromatic rings. The molecule has 0 amide bonds. The number of hydrogen-bond donors (Lipinski definition) is 0. The zero-order valence-electron chi connectivity index (χ0n) is 6.05. The van der Waals surface area contributed by atoms with Crippen molar-refractivity contribution in [1.29, 1.82) is 0 Å². The molecule has 0 N–H and O–H groups in total. The van der Waals surface area contributed by atoms with Crippen LogP contribution in [0.2, 0.25) is 0 Å². The van der Waals surface area contributed by atoms with Crippen LogP contribution in [0.5, 0.6) is 0 Å². The summed E-state index contributed by atoms with van der Waals surface area (Å²) in [5, 5.41) is 0. The molecule has 0 aliphatic heterocycles. The summed E-state index contributed by atoms with van der Waals surface area (Å²) in [6.45, 7) is 0. The Morgan fingerprint density at radius 3 is 2.10 bits per heavy atom. The highest BCUT2D eigenvalue weighted by molar-refractivity contribution is 5.99. The monoisotopic (exact) mass is 136 g/mol. The molecular weight excluding hydrogens is 124 g/mol. The summed E-state index contributed by atoms with van der Waals surface area (Å²) in [5.74, 6) is 1.46. The highest BCUT2D eigenvalue weighted by Gasteiger charge is 2.47. The summed E-state index contributed by atoms with van der Waals surface area (Å²) >= 11 is 0. The van der Waals surface area contributed by atoms with Crippen molar-refractivity contribution < 1.29 is 4.79 Å². The van der Waals surface area contributed by atoms with Crippen LogP contribution in [0.3, 0.4) is 0 Å². The van der Waals surface area contributed by atoms with Gasteiger partial charge in [-0.2, -0.15) is 0 Å². The summed E-state index contributed by atoms with van der Waals surface area (Å²) in [4.78, 5) is 11.0. The first-order valence-corrected chi connectivity index (χ1v) is 4.08. The molecule has 2 atom stereocenters. The van der Waals surface area contributed by atoms with Crippen LogP contribution in [0.15, 0.2) is 12.2 Å². The Morgan fingerprint density at radius 1 is 1.10 bits per heavy atom. The van der Waals surface area contributed by atoms with Gasteiger partial charge in [0.2, 0.25) is 0 Å². The standard InChI is InChI=1S/C9H12O/c10-9-7-5-3-1-2-4-6-8(7)9/h1-2,7-8H,3-6H2. The van der Waals surface area contributed by atoms with Gasteiger partial charge < -0.3 is 0 Å². The van der Waals surface area contributed by atoms with E-state index in [2.05, 4.69) is 12.2 Å². The van der Waals surface area contributed by atoms with Gasteiger partial charge in [0, 0.05) is 11.8 Å². The molecule has 1 heteroatoms. The molecule has 54 valence electrons. The van der Waals surface area contributed by atoms with E-state index in [9.17, 15) is 4.79 Å². The minimum Gasteiger partial charge on any atom is -0.299 e. The van der Waals surface area contributed by atoms with Crippen molar-refractivity contribution in [1.82, 2.24) is 0 Å². The number of hydrogen-bond acceptors (Lipinski definition) is 1. The molecule has 2 aliphatic carbocycles. The van der Waals surface area contributed by atoms with E-state index in [4.69, 9.17) is 0 Å². The van der Waals surface area contributed by atoms with Gasteiger partial charge in [0.1, 0.15) is 5.78 Å². The number of rotatable bonds is 0. The average Bonchev–Trinajstić information content (AvgIpc) is 2.39. The summed E-state index contributed by atoms with van der Waals surface area (Å²) in [6.07, 6.45) is 8.88. The largest absolute Gasteiger partial charge is 0.299 e. The Hall–Kier alpha value is -0.590. The topological polar surface area (TPSA) is 17.1 Å². The third kappa shape index (κ3) is 0.898. The van der Waals surface area contributed by atoms with Crippen molar-refractivity contribution >= 4 is 5.78 Å².